The fourth-order valence-electron chi connectivity index (χ4n) is 1.72. The van der Waals surface area contributed by atoms with Gasteiger partial charge in [0.2, 0.25) is 0 Å². The molecule has 0 aromatic rings. The average molecular weight is 181 g/mol. The molecular formula is C11H19NO. The predicted molar refractivity (Wildman–Crippen MR) is 54.6 cm³/mol. The van der Waals surface area contributed by atoms with Crippen LogP contribution in [0.25, 0.3) is 0 Å². The lowest BCUT2D eigenvalue weighted by molar-refractivity contribution is -0.115. The van der Waals surface area contributed by atoms with E-state index in [9.17, 15) is 4.79 Å². The maximum absolute atomic E-state index is 11.3. The van der Waals surface area contributed by atoms with Crippen LogP contribution in [0.15, 0.2) is 12.2 Å². The fourth-order valence-corrected chi connectivity index (χ4v) is 1.72. The second-order valence-corrected chi connectivity index (χ2v) is 3.95. The van der Waals surface area contributed by atoms with Gasteiger partial charge in [0.1, 0.15) is 0 Å². The number of carbonyl (C=O) groups excluding carboxylic acids is 1. The normalized spacial score (nSPS) is 22.7. The number of piperidine rings is 1. The SMILES string of the molecule is C=C(C)C(=O)CCC1CCCNC1. The summed E-state index contributed by atoms with van der Waals surface area (Å²) in [6, 6.07) is 0. The van der Waals surface area contributed by atoms with Crippen LogP contribution >= 0.6 is 0 Å². The van der Waals surface area contributed by atoms with E-state index in [1.54, 1.807) is 6.92 Å². The summed E-state index contributed by atoms with van der Waals surface area (Å²) in [7, 11) is 0. The molecule has 0 radical (unpaired) electrons. The monoisotopic (exact) mass is 181 g/mol. The number of rotatable bonds is 4. The summed E-state index contributed by atoms with van der Waals surface area (Å²) in [6.07, 6.45) is 4.24. The molecule has 1 rings (SSSR count). The molecule has 0 aromatic carbocycles. The quantitative estimate of drug-likeness (QED) is 0.671. The van der Waals surface area contributed by atoms with Gasteiger partial charge >= 0.3 is 0 Å². The highest BCUT2D eigenvalue weighted by Gasteiger charge is 2.14. The third kappa shape index (κ3) is 3.73. The Balaban J connectivity index is 2.17. The average Bonchev–Trinajstić information content (AvgIpc) is 2.15. The van der Waals surface area contributed by atoms with E-state index in [-0.39, 0.29) is 5.78 Å². The topological polar surface area (TPSA) is 29.1 Å². The summed E-state index contributed by atoms with van der Waals surface area (Å²) in [5, 5.41) is 3.35. The van der Waals surface area contributed by atoms with Gasteiger partial charge in [0.25, 0.3) is 0 Å². The van der Waals surface area contributed by atoms with E-state index in [1.165, 1.54) is 12.8 Å². The zero-order valence-corrected chi connectivity index (χ0v) is 8.44. The van der Waals surface area contributed by atoms with Crippen molar-refractivity contribution in [2.75, 3.05) is 13.1 Å². The van der Waals surface area contributed by atoms with Crippen LogP contribution in [0, 0.1) is 5.92 Å². The zero-order chi connectivity index (χ0) is 9.68. The number of carbonyl (C=O) groups is 1. The van der Waals surface area contributed by atoms with Crippen molar-refractivity contribution in [1.29, 1.82) is 0 Å². The third-order valence-corrected chi connectivity index (χ3v) is 2.65. The Kier molecular flexibility index (Phi) is 4.16. The van der Waals surface area contributed by atoms with Crippen LogP contribution in [0.5, 0.6) is 0 Å². The number of nitrogens with one attached hydrogen (secondary N) is 1. The van der Waals surface area contributed by atoms with E-state index in [0.29, 0.717) is 17.9 Å². The number of hydrogen-bond donors (Lipinski definition) is 1. The van der Waals surface area contributed by atoms with Crippen LogP contribution in [0.1, 0.15) is 32.6 Å². The Morgan fingerprint density at radius 2 is 2.38 bits per heavy atom. The first-order valence-corrected chi connectivity index (χ1v) is 5.09. The Bertz CT molecular complexity index is 192. The van der Waals surface area contributed by atoms with Crippen molar-refractivity contribution in [1.82, 2.24) is 5.32 Å². The van der Waals surface area contributed by atoms with Gasteiger partial charge < -0.3 is 5.32 Å². The second kappa shape index (κ2) is 5.18. The first-order valence-electron chi connectivity index (χ1n) is 5.09. The molecule has 1 aliphatic rings. The lowest BCUT2D eigenvalue weighted by Gasteiger charge is -2.22. The van der Waals surface area contributed by atoms with Gasteiger partial charge in [0.05, 0.1) is 0 Å². The molecule has 0 saturated carbocycles. The lowest BCUT2D eigenvalue weighted by atomic mass is 9.93. The van der Waals surface area contributed by atoms with Crippen LogP contribution in [-0.2, 0) is 4.79 Å². The number of Topliss-reactive ketones (excluding diaryl/α,β-unsaturated/α-hetero) is 1. The molecule has 1 saturated heterocycles. The van der Waals surface area contributed by atoms with Crippen LogP contribution < -0.4 is 5.32 Å². The van der Waals surface area contributed by atoms with Crippen LogP contribution in [0.4, 0.5) is 0 Å². The second-order valence-electron chi connectivity index (χ2n) is 3.95. The van der Waals surface area contributed by atoms with Crippen molar-refractivity contribution in [3.63, 3.8) is 0 Å². The molecule has 0 bridgehead atoms. The van der Waals surface area contributed by atoms with Crippen molar-refractivity contribution >= 4 is 5.78 Å². The van der Waals surface area contributed by atoms with E-state index >= 15 is 0 Å². The molecule has 0 aromatic heterocycles. The van der Waals surface area contributed by atoms with Gasteiger partial charge in [-0.1, -0.05) is 6.58 Å². The maximum Gasteiger partial charge on any atom is 0.157 e. The van der Waals surface area contributed by atoms with Crippen molar-refractivity contribution in [3.05, 3.63) is 12.2 Å². The lowest BCUT2D eigenvalue weighted by Crippen LogP contribution is -2.30. The highest BCUT2D eigenvalue weighted by atomic mass is 16.1. The Morgan fingerprint density at radius 3 is 2.92 bits per heavy atom. The van der Waals surface area contributed by atoms with Gasteiger partial charge in [0, 0.05) is 6.42 Å². The van der Waals surface area contributed by atoms with Crippen LogP contribution in [-0.4, -0.2) is 18.9 Å². The highest BCUT2D eigenvalue weighted by Crippen LogP contribution is 2.16. The molecule has 2 heteroatoms. The standard InChI is InChI=1S/C11H19NO/c1-9(2)11(13)6-5-10-4-3-7-12-8-10/h10,12H,1,3-8H2,2H3. The summed E-state index contributed by atoms with van der Waals surface area (Å²) in [4.78, 5) is 11.3. The summed E-state index contributed by atoms with van der Waals surface area (Å²) in [6.45, 7) is 7.68. The molecule has 1 aliphatic heterocycles. The van der Waals surface area contributed by atoms with E-state index < -0.39 is 0 Å². The van der Waals surface area contributed by atoms with E-state index in [1.807, 2.05) is 0 Å². The number of allylic oxidation sites excluding steroid dienone is 1. The fraction of sp³-hybridized carbons (Fsp3) is 0.727. The molecular weight excluding hydrogens is 162 g/mol. The number of hydrogen-bond acceptors (Lipinski definition) is 2. The Hall–Kier alpha value is -0.630. The van der Waals surface area contributed by atoms with E-state index in [0.717, 1.165) is 19.5 Å². The summed E-state index contributed by atoms with van der Waals surface area (Å²) >= 11 is 0. The largest absolute Gasteiger partial charge is 0.316 e. The summed E-state index contributed by atoms with van der Waals surface area (Å²) in [5.41, 5.74) is 0.698. The Morgan fingerprint density at radius 1 is 1.62 bits per heavy atom. The molecule has 1 heterocycles. The van der Waals surface area contributed by atoms with Gasteiger partial charge in [-0.25, -0.2) is 0 Å². The Labute approximate surface area is 80.4 Å². The smallest absolute Gasteiger partial charge is 0.157 e. The minimum absolute atomic E-state index is 0.227. The van der Waals surface area contributed by atoms with Crippen molar-refractivity contribution in [3.8, 4) is 0 Å². The molecule has 1 atom stereocenters. The van der Waals surface area contributed by atoms with Crippen LogP contribution in [0.2, 0.25) is 0 Å². The first kappa shape index (κ1) is 10.5. The van der Waals surface area contributed by atoms with Crippen molar-refractivity contribution in [2.45, 2.75) is 32.6 Å². The predicted octanol–water partition coefficient (Wildman–Crippen LogP) is 1.91. The molecule has 74 valence electrons. The van der Waals surface area contributed by atoms with E-state index in [4.69, 9.17) is 0 Å². The zero-order valence-electron chi connectivity index (χ0n) is 8.44. The molecule has 13 heavy (non-hydrogen) atoms. The van der Waals surface area contributed by atoms with Gasteiger partial charge in [-0.2, -0.15) is 0 Å². The van der Waals surface area contributed by atoms with Crippen LogP contribution in [0.3, 0.4) is 0 Å². The van der Waals surface area contributed by atoms with E-state index in [2.05, 4.69) is 11.9 Å². The molecule has 1 N–H and O–H groups in total. The molecule has 0 aliphatic carbocycles. The third-order valence-electron chi connectivity index (χ3n) is 2.65. The molecule has 1 fully saturated rings. The molecule has 1 unspecified atom stereocenters. The maximum atomic E-state index is 11.3. The van der Waals surface area contributed by atoms with Gasteiger partial charge in [0.15, 0.2) is 5.78 Å². The van der Waals surface area contributed by atoms with Gasteiger partial charge in [-0.15, -0.1) is 0 Å². The minimum atomic E-state index is 0.227. The number of ketones is 1. The van der Waals surface area contributed by atoms with Gasteiger partial charge in [-0.3, -0.25) is 4.79 Å². The molecule has 0 amide bonds. The minimum Gasteiger partial charge on any atom is -0.316 e. The van der Waals surface area contributed by atoms with Gasteiger partial charge in [-0.05, 0) is 50.8 Å². The summed E-state index contributed by atoms with van der Waals surface area (Å²) in [5.74, 6) is 0.933. The molecule has 0 spiro atoms. The van der Waals surface area contributed by atoms with Crippen molar-refractivity contribution < 1.29 is 4.79 Å². The first-order chi connectivity index (χ1) is 6.20. The van der Waals surface area contributed by atoms with Crippen molar-refractivity contribution in [2.24, 2.45) is 5.92 Å². The summed E-state index contributed by atoms with van der Waals surface area (Å²) < 4.78 is 0. The molecule has 2 nitrogen and oxygen atoms in total. The highest BCUT2D eigenvalue weighted by molar-refractivity contribution is 5.94.